The van der Waals surface area contributed by atoms with Crippen LogP contribution in [0.15, 0.2) is 89.8 Å². The van der Waals surface area contributed by atoms with Crippen LogP contribution in [0.5, 0.6) is 11.5 Å². The zero-order valence-electron chi connectivity index (χ0n) is 19.4. The summed E-state index contributed by atoms with van der Waals surface area (Å²) in [5, 5.41) is 1.77. The molecule has 1 heterocycles. The monoisotopic (exact) mass is 499 g/mol. The normalized spacial score (nSPS) is 14.6. The molecule has 1 saturated heterocycles. The van der Waals surface area contributed by atoms with Crippen molar-refractivity contribution in [2.45, 2.75) is 13.2 Å². The molecule has 4 aromatic rings. The zero-order valence-corrected chi connectivity index (χ0v) is 20.3. The van der Waals surface area contributed by atoms with Crippen LogP contribution >= 0.6 is 11.8 Å². The molecule has 5 nitrogen and oxygen atoms in total. The number of methoxy groups -OCH3 is 1. The lowest BCUT2D eigenvalue weighted by atomic mass is 10.0. The molecule has 1 aliphatic rings. The number of halogens is 1. The van der Waals surface area contributed by atoms with E-state index in [4.69, 9.17) is 9.47 Å². The first-order valence-corrected chi connectivity index (χ1v) is 12.1. The quantitative estimate of drug-likeness (QED) is 0.262. The van der Waals surface area contributed by atoms with Gasteiger partial charge in [-0.2, -0.15) is 0 Å². The standard InChI is InChI=1S/C29H22FNO4S/c1-34-26-15-19(12-13-25(26)35-18-20-6-4-10-23(30)14-20)16-27-28(32)31(29(33)36-27)17-22-9-5-8-21-7-2-3-11-24(21)22/h2-16H,17-18H2,1H3/b27-16+. The summed E-state index contributed by atoms with van der Waals surface area (Å²) in [5.41, 5.74) is 2.31. The minimum atomic E-state index is -0.330. The van der Waals surface area contributed by atoms with Crippen LogP contribution in [-0.4, -0.2) is 23.2 Å². The van der Waals surface area contributed by atoms with Crippen molar-refractivity contribution in [3.63, 3.8) is 0 Å². The van der Waals surface area contributed by atoms with Gasteiger partial charge >= 0.3 is 0 Å². The topological polar surface area (TPSA) is 55.8 Å². The maximum atomic E-state index is 13.4. The van der Waals surface area contributed by atoms with Crippen molar-refractivity contribution >= 4 is 39.8 Å². The number of nitrogens with zero attached hydrogens (tertiary/aromatic N) is 1. The first-order valence-electron chi connectivity index (χ1n) is 11.3. The molecule has 0 unspecified atom stereocenters. The van der Waals surface area contributed by atoms with Gasteiger partial charge in [0.1, 0.15) is 12.4 Å². The summed E-state index contributed by atoms with van der Waals surface area (Å²) in [6.07, 6.45) is 1.67. The molecule has 0 spiro atoms. The highest BCUT2D eigenvalue weighted by Crippen LogP contribution is 2.36. The Morgan fingerprint density at radius 3 is 2.56 bits per heavy atom. The van der Waals surface area contributed by atoms with E-state index >= 15 is 0 Å². The Labute approximate surface area is 212 Å². The predicted molar refractivity (Wildman–Crippen MR) is 139 cm³/mol. The summed E-state index contributed by atoms with van der Waals surface area (Å²) in [5.74, 6) is 0.300. The molecule has 1 aliphatic heterocycles. The number of thioether (sulfide) groups is 1. The summed E-state index contributed by atoms with van der Waals surface area (Å²) in [7, 11) is 1.52. The first kappa shape index (κ1) is 23.6. The lowest BCUT2D eigenvalue weighted by molar-refractivity contribution is -0.123. The fourth-order valence-electron chi connectivity index (χ4n) is 4.07. The number of hydrogen-bond donors (Lipinski definition) is 0. The zero-order chi connectivity index (χ0) is 25.1. The second kappa shape index (κ2) is 10.3. The lowest BCUT2D eigenvalue weighted by Crippen LogP contribution is -2.27. The molecule has 0 saturated carbocycles. The fraction of sp³-hybridized carbons (Fsp3) is 0.103. The van der Waals surface area contributed by atoms with Crippen molar-refractivity contribution in [1.29, 1.82) is 0 Å². The molecule has 0 aliphatic carbocycles. The number of ether oxygens (including phenoxy) is 2. The maximum absolute atomic E-state index is 13.4. The number of carbonyl (C=O) groups is 2. The molecule has 5 rings (SSSR count). The van der Waals surface area contributed by atoms with Crippen LogP contribution in [0, 0.1) is 5.82 Å². The number of hydrogen-bond acceptors (Lipinski definition) is 5. The Bertz CT molecular complexity index is 1490. The van der Waals surface area contributed by atoms with Gasteiger partial charge in [0.05, 0.1) is 18.6 Å². The second-order valence-electron chi connectivity index (χ2n) is 8.24. The Hall–Kier alpha value is -4.10. The van der Waals surface area contributed by atoms with Gasteiger partial charge < -0.3 is 9.47 Å². The van der Waals surface area contributed by atoms with Crippen molar-refractivity contribution in [3.8, 4) is 11.5 Å². The SMILES string of the molecule is COc1cc(/C=C2/SC(=O)N(Cc3cccc4ccccc34)C2=O)ccc1OCc1cccc(F)c1. The first-order chi connectivity index (χ1) is 17.5. The third-order valence-corrected chi connectivity index (χ3v) is 6.76. The Balaban J connectivity index is 1.33. The predicted octanol–water partition coefficient (Wildman–Crippen LogP) is 6.80. The van der Waals surface area contributed by atoms with Crippen molar-refractivity contribution in [2.24, 2.45) is 0 Å². The Morgan fingerprint density at radius 1 is 0.917 bits per heavy atom. The van der Waals surface area contributed by atoms with E-state index in [9.17, 15) is 14.0 Å². The number of carbonyl (C=O) groups excluding carboxylic acids is 2. The van der Waals surface area contributed by atoms with Crippen molar-refractivity contribution in [1.82, 2.24) is 4.90 Å². The van der Waals surface area contributed by atoms with Crippen LogP contribution in [0.1, 0.15) is 16.7 Å². The van der Waals surface area contributed by atoms with Gasteiger partial charge in [-0.25, -0.2) is 4.39 Å². The van der Waals surface area contributed by atoms with Gasteiger partial charge in [0.25, 0.3) is 11.1 Å². The molecule has 0 atom stereocenters. The third-order valence-electron chi connectivity index (χ3n) is 5.85. The van der Waals surface area contributed by atoms with Crippen LogP contribution in [0.4, 0.5) is 9.18 Å². The molecule has 0 N–H and O–H groups in total. The van der Waals surface area contributed by atoms with Gasteiger partial charge in [-0.05, 0) is 69.6 Å². The van der Waals surface area contributed by atoms with Gasteiger partial charge in [0.15, 0.2) is 11.5 Å². The highest BCUT2D eigenvalue weighted by atomic mass is 32.2. The molecule has 36 heavy (non-hydrogen) atoms. The van der Waals surface area contributed by atoms with E-state index in [2.05, 4.69) is 0 Å². The summed E-state index contributed by atoms with van der Waals surface area (Å²) in [6.45, 7) is 0.389. The molecule has 1 fully saturated rings. The number of benzene rings is 4. The van der Waals surface area contributed by atoms with Crippen molar-refractivity contribution in [2.75, 3.05) is 7.11 Å². The summed E-state index contributed by atoms with van der Waals surface area (Å²) < 4.78 is 24.7. The molecule has 4 aromatic carbocycles. The average molecular weight is 500 g/mol. The highest BCUT2D eigenvalue weighted by molar-refractivity contribution is 8.18. The van der Waals surface area contributed by atoms with Gasteiger partial charge in [0, 0.05) is 0 Å². The smallest absolute Gasteiger partial charge is 0.293 e. The highest BCUT2D eigenvalue weighted by Gasteiger charge is 2.35. The molecule has 180 valence electrons. The van der Waals surface area contributed by atoms with Crippen LogP contribution in [-0.2, 0) is 17.9 Å². The second-order valence-corrected chi connectivity index (χ2v) is 9.23. The van der Waals surface area contributed by atoms with Gasteiger partial charge in [0.2, 0.25) is 0 Å². The largest absolute Gasteiger partial charge is 0.493 e. The average Bonchev–Trinajstić information content (AvgIpc) is 3.15. The Kier molecular flexibility index (Phi) is 6.73. The van der Waals surface area contributed by atoms with E-state index < -0.39 is 0 Å². The van der Waals surface area contributed by atoms with E-state index in [0.29, 0.717) is 27.5 Å². The molecule has 0 radical (unpaired) electrons. The van der Waals surface area contributed by atoms with E-state index in [1.165, 1.54) is 24.1 Å². The number of imide groups is 1. The fourth-order valence-corrected chi connectivity index (χ4v) is 4.91. The van der Waals surface area contributed by atoms with E-state index in [-0.39, 0.29) is 30.1 Å². The van der Waals surface area contributed by atoms with Crippen molar-refractivity contribution in [3.05, 3.63) is 112 Å². The van der Waals surface area contributed by atoms with E-state index in [0.717, 1.165) is 28.1 Å². The van der Waals surface area contributed by atoms with Crippen LogP contribution in [0.25, 0.3) is 16.8 Å². The number of fused-ring (bicyclic) bond motifs is 1. The minimum absolute atomic E-state index is 0.181. The molecule has 7 heteroatoms. The summed E-state index contributed by atoms with van der Waals surface area (Å²) in [4.78, 5) is 27.4. The van der Waals surface area contributed by atoms with Crippen LogP contribution in [0.2, 0.25) is 0 Å². The molecular weight excluding hydrogens is 477 g/mol. The molecule has 0 bridgehead atoms. The van der Waals surface area contributed by atoms with E-state index in [1.54, 1.807) is 36.4 Å². The summed E-state index contributed by atoms with van der Waals surface area (Å²) >= 11 is 0.919. The molecular formula is C29H22FNO4S. The molecule has 2 amide bonds. The number of rotatable bonds is 7. The summed E-state index contributed by atoms with van der Waals surface area (Å²) in [6, 6.07) is 25.2. The lowest BCUT2D eigenvalue weighted by Gasteiger charge is -2.14. The third kappa shape index (κ3) is 4.97. The van der Waals surface area contributed by atoms with E-state index in [1.807, 2.05) is 42.5 Å². The molecule has 0 aromatic heterocycles. The Morgan fingerprint density at radius 2 is 1.72 bits per heavy atom. The van der Waals surface area contributed by atoms with Crippen LogP contribution < -0.4 is 9.47 Å². The maximum Gasteiger partial charge on any atom is 0.293 e. The van der Waals surface area contributed by atoms with Gasteiger partial charge in [-0.15, -0.1) is 0 Å². The van der Waals surface area contributed by atoms with Crippen LogP contribution in [0.3, 0.4) is 0 Å². The number of amides is 2. The van der Waals surface area contributed by atoms with Crippen molar-refractivity contribution < 1.29 is 23.5 Å². The van der Waals surface area contributed by atoms with Gasteiger partial charge in [-0.3, -0.25) is 14.5 Å². The van der Waals surface area contributed by atoms with Gasteiger partial charge in [-0.1, -0.05) is 60.7 Å². The minimum Gasteiger partial charge on any atom is -0.493 e.